The SMILES string of the molecule is CCOC(=O)C1=C(c2ccc(-n3c(C)nc4cnccc43)cc2)NC(C)=C(C(=O)OCC#Cc2cnc3ccccc3c2)C1CCc1ccccc1. The Morgan fingerprint density at radius 1 is 0.865 bits per heavy atom. The van der Waals surface area contributed by atoms with E-state index in [1.54, 1.807) is 25.5 Å². The van der Waals surface area contributed by atoms with Crippen molar-refractivity contribution in [1.82, 2.24) is 24.8 Å². The van der Waals surface area contributed by atoms with Gasteiger partial charge in [0.25, 0.3) is 0 Å². The number of hydrogen-bond acceptors (Lipinski definition) is 8. The lowest BCUT2D eigenvalue weighted by Gasteiger charge is -2.31. The second kappa shape index (κ2) is 15.2. The highest BCUT2D eigenvalue weighted by molar-refractivity contribution is 6.03. The molecule has 0 saturated carbocycles. The van der Waals surface area contributed by atoms with Crippen molar-refractivity contribution in [1.29, 1.82) is 0 Å². The van der Waals surface area contributed by atoms with Gasteiger partial charge in [0.15, 0.2) is 6.61 Å². The summed E-state index contributed by atoms with van der Waals surface area (Å²) >= 11 is 0. The largest absolute Gasteiger partial charge is 0.463 e. The molecule has 1 N–H and O–H groups in total. The van der Waals surface area contributed by atoms with Crippen molar-refractivity contribution in [2.24, 2.45) is 5.92 Å². The number of aromatic nitrogens is 4. The Kier molecular flexibility index (Phi) is 9.89. The lowest BCUT2D eigenvalue weighted by atomic mass is 9.80. The van der Waals surface area contributed by atoms with E-state index in [0.29, 0.717) is 35.4 Å². The van der Waals surface area contributed by atoms with Crippen molar-refractivity contribution in [2.45, 2.75) is 33.6 Å². The third kappa shape index (κ3) is 7.05. The Labute approximate surface area is 302 Å². The van der Waals surface area contributed by atoms with E-state index >= 15 is 0 Å². The molecule has 0 aliphatic carbocycles. The number of carbonyl (C=O) groups excluding carboxylic acids is 2. The van der Waals surface area contributed by atoms with E-state index in [1.807, 2.05) is 105 Å². The monoisotopic (exact) mass is 687 g/mol. The van der Waals surface area contributed by atoms with Gasteiger partial charge in [-0.25, -0.2) is 14.6 Å². The van der Waals surface area contributed by atoms with Crippen molar-refractivity contribution in [3.05, 3.63) is 149 Å². The molecule has 3 aromatic carbocycles. The van der Waals surface area contributed by atoms with E-state index in [2.05, 4.69) is 36.7 Å². The molecule has 1 atom stereocenters. The highest BCUT2D eigenvalue weighted by Crippen LogP contribution is 2.38. The molecule has 7 rings (SSSR count). The molecule has 4 heterocycles. The molecule has 1 aliphatic rings. The van der Waals surface area contributed by atoms with Gasteiger partial charge in [0.2, 0.25) is 0 Å². The molecule has 9 nitrogen and oxygen atoms in total. The molecule has 9 heteroatoms. The van der Waals surface area contributed by atoms with E-state index in [4.69, 9.17) is 9.47 Å². The Morgan fingerprint density at radius 2 is 1.63 bits per heavy atom. The molecule has 0 spiro atoms. The van der Waals surface area contributed by atoms with Gasteiger partial charge < -0.3 is 14.8 Å². The molecule has 0 amide bonds. The lowest BCUT2D eigenvalue weighted by molar-refractivity contribution is -0.139. The average molecular weight is 688 g/mol. The van der Waals surface area contributed by atoms with Crippen LogP contribution in [0.3, 0.4) is 0 Å². The molecule has 52 heavy (non-hydrogen) atoms. The molecular weight excluding hydrogens is 651 g/mol. The predicted molar refractivity (Wildman–Crippen MR) is 201 cm³/mol. The third-order valence-corrected chi connectivity index (χ3v) is 9.10. The number of nitrogens with one attached hydrogen (secondary N) is 1. The number of rotatable bonds is 9. The standard InChI is InChI=1S/C43H37N5O4/c1-4-51-43(50)40-35(21-16-30-11-6-5-7-12-30)39(42(49)52-24-10-13-31-25-33-14-8-9-15-36(33)45-26-31)28(2)46-41(40)32-17-19-34(20-18-32)48-29(3)47-37-27-44-23-22-38(37)48/h5-9,11-12,14-15,17-20,22-23,25-27,35,46H,4,16,21,24H2,1-3H3. The summed E-state index contributed by atoms with van der Waals surface area (Å²) in [5.74, 6) is 5.21. The Bertz CT molecular complexity index is 2420. The highest BCUT2D eigenvalue weighted by atomic mass is 16.5. The molecular formula is C43H37N5O4. The van der Waals surface area contributed by atoms with Crippen molar-refractivity contribution >= 4 is 39.6 Å². The van der Waals surface area contributed by atoms with Gasteiger partial charge in [-0.1, -0.05) is 72.5 Å². The number of nitrogens with zero attached hydrogens (tertiary/aromatic N) is 4. The van der Waals surface area contributed by atoms with Crippen molar-refractivity contribution in [3.63, 3.8) is 0 Å². The summed E-state index contributed by atoms with van der Waals surface area (Å²) in [7, 11) is 0. The van der Waals surface area contributed by atoms with Crippen LogP contribution in [0.15, 0.2) is 126 Å². The Morgan fingerprint density at radius 3 is 2.44 bits per heavy atom. The molecule has 3 aromatic heterocycles. The maximum Gasteiger partial charge on any atom is 0.337 e. The van der Waals surface area contributed by atoms with Gasteiger partial charge in [-0.3, -0.25) is 14.5 Å². The summed E-state index contributed by atoms with van der Waals surface area (Å²) < 4.78 is 13.5. The van der Waals surface area contributed by atoms with Gasteiger partial charge >= 0.3 is 11.9 Å². The Balaban J connectivity index is 1.21. The van der Waals surface area contributed by atoms with Gasteiger partial charge in [-0.2, -0.15) is 0 Å². The number of allylic oxidation sites excluding steroid dienone is 1. The summed E-state index contributed by atoms with van der Waals surface area (Å²) in [6, 6.07) is 29.6. The fraction of sp³-hybridized carbons (Fsp3) is 0.186. The minimum atomic E-state index is -0.604. The first kappa shape index (κ1) is 33.9. The number of pyridine rings is 2. The number of carbonyl (C=O) groups is 2. The number of benzene rings is 3. The number of ether oxygens (including phenoxy) is 2. The molecule has 1 unspecified atom stereocenters. The summed E-state index contributed by atoms with van der Waals surface area (Å²) in [4.78, 5) is 41.1. The van der Waals surface area contributed by atoms with Gasteiger partial charge in [-0.05, 0) is 75.1 Å². The van der Waals surface area contributed by atoms with Crippen LogP contribution >= 0.6 is 0 Å². The van der Waals surface area contributed by atoms with Crippen molar-refractivity contribution < 1.29 is 19.1 Å². The first-order chi connectivity index (χ1) is 25.4. The summed E-state index contributed by atoms with van der Waals surface area (Å²) in [6.07, 6.45) is 6.30. The van der Waals surface area contributed by atoms with Crippen LogP contribution in [0.2, 0.25) is 0 Å². The molecule has 0 saturated heterocycles. The van der Waals surface area contributed by atoms with Crippen LogP contribution in [0.25, 0.3) is 33.3 Å². The molecule has 6 aromatic rings. The number of dihydropyridines is 1. The number of hydrogen-bond donors (Lipinski definition) is 1. The maximum atomic E-state index is 13.9. The van der Waals surface area contributed by atoms with Crippen molar-refractivity contribution in [2.75, 3.05) is 13.2 Å². The van der Waals surface area contributed by atoms with E-state index in [1.165, 1.54) is 0 Å². The van der Waals surface area contributed by atoms with E-state index in [9.17, 15) is 9.59 Å². The van der Waals surface area contributed by atoms with Crippen molar-refractivity contribution in [3.8, 4) is 17.5 Å². The van der Waals surface area contributed by atoms with Crippen LogP contribution in [-0.4, -0.2) is 44.7 Å². The van der Waals surface area contributed by atoms with Gasteiger partial charge in [-0.15, -0.1) is 0 Å². The highest BCUT2D eigenvalue weighted by Gasteiger charge is 2.38. The normalized spacial score (nSPS) is 14.2. The van der Waals surface area contributed by atoms with Crippen LogP contribution < -0.4 is 5.32 Å². The molecule has 0 fully saturated rings. The summed E-state index contributed by atoms with van der Waals surface area (Å²) in [5.41, 5.74) is 8.11. The molecule has 1 aliphatic heterocycles. The smallest absolute Gasteiger partial charge is 0.337 e. The minimum absolute atomic E-state index is 0.126. The zero-order chi connectivity index (χ0) is 36.0. The molecule has 0 radical (unpaired) electrons. The minimum Gasteiger partial charge on any atom is -0.463 e. The Hall–Kier alpha value is -6.53. The quantitative estimate of drug-likeness (QED) is 0.125. The second-order valence-electron chi connectivity index (χ2n) is 12.4. The topological polar surface area (TPSA) is 108 Å². The number of fused-ring (bicyclic) bond motifs is 2. The van der Waals surface area contributed by atoms with Crippen LogP contribution in [-0.2, 0) is 25.5 Å². The fourth-order valence-corrected chi connectivity index (χ4v) is 6.74. The third-order valence-electron chi connectivity index (χ3n) is 9.10. The zero-order valence-corrected chi connectivity index (χ0v) is 29.2. The average Bonchev–Trinajstić information content (AvgIpc) is 3.51. The predicted octanol–water partition coefficient (Wildman–Crippen LogP) is 7.27. The molecule has 0 bridgehead atoms. The lowest BCUT2D eigenvalue weighted by Crippen LogP contribution is -2.34. The first-order valence-corrected chi connectivity index (χ1v) is 17.2. The van der Waals surface area contributed by atoms with Gasteiger partial charge in [0.1, 0.15) is 11.3 Å². The number of aryl methyl sites for hydroxylation is 2. The van der Waals surface area contributed by atoms with Crippen LogP contribution in [0.5, 0.6) is 0 Å². The zero-order valence-electron chi connectivity index (χ0n) is 29.2. The van der Waals surface area contributed by atoms with E-state index in [0.717, 1.165) is 50.1 Å². The van der Waals surface area contributed by atoms with E-state index < -0.39 is 17.9 Å². The second-order valence-corrected chi connectivity index (χ2v) is 12.4. The van der Waals surface area contributed by atoms with Crippen LogP contribution in [0.1, 0.15) is 42.8 Å². The van der Waals surface area contributed by atoms with E-state index in [-0.39, 0.29) is 13.2 Å². The molecule has 258 valence electrons. The van der Waals surface area contributed by atoms with Gasteiger partial charge in [0.05, 0.1) is 40.7 Å². The van der Waals surface area contributed by atoms with Crippen LogP contribution in [0.4, 0.5) is 0 Å². The summed E-state index contributed by atoms with van der Waals surface area (Å²) in [5, 5.41) is 4.38. The summed E-state index contributed by atoms with van der Waals surface area (Å²) in [6.45, 7) is 5.62. The number of imidazole rings is 1. The fourth-order valence-electron chi connectivity index (χ4n) is 6.74. The first-order valence-electron chi connectivity index (χ1n) is 17.2. The number of para-hydroxylation sites is 1. The van der Waals surface area contributed by atoms with Crippen LogP contribution in [0, 0.1) is 24.7 Å². The van der Waals surface area contributed by atoms with Gasteiger partial charge in [0, 0.05) is 40.6 Å². The number of esters is 2. The maximum absolute atomic E-state index is 13.9.